The Labute approximate surface area is 134 Å². The summed E-state index contributed by atoms with van der Waals surface area (Å²) in [5, 5.41) is 13.6. The standard InChI is InChI=1S/C17H19N3O3/c18-15(10-12-4-2-1-3-5-12)16(21)19-11-13-6-8-14(9-7-13)20-17(22)23/h1-9,15,20H,10-11,18H2,(H,19,21)(H,22,23). The van der Waals surface area contributed by atoms with Gasteiger partial charge in [-0.1, -0.05) is 42.5 Å². The number of nitrogens with one attached hydrogen (secondary N) is 2. The second-order valence-electron chi connectivity index (χ2n) is 5.14. The third kappa shape index (κ3) is 5.44. The van der Waals surface area contributed by atoms with Crippen molar-refractivity contribution < 1.29 is 14.7 Å². The Kier molecular flexibility index (Phi) is 5.71. The van der Waals surface area contributed by atoms with Crippen molar-refractivity contribution in [2.24, 2.45) is 5.73 Å². The van der Waals surface area contributed by atoms with Crippen LogP contribution in [-0.4, -0.2) is 23.1 Å². The van der Waals surface area contributed by atoms with Gasteiger partial charge in [-0.15, -0.1) is 0 Å². The Morgan fingerprint density at radius 3 is 2.26 bits per heavy atom. The summed E-state index contributed by atoms with van der Waals surface area (Å²) in [5.74, 6) is -0.221. The molecule has 6 heteroatoms. The Morgan fingerprint density at radius 2 is 1.65 bits per heavy atom. The monoisotopic (exact) mass is 313 g/mol. The molecule has 6 nitrogen and oxygen atoms in total. The molecule has 0 aromatic heterocycles. The lowest BCUT2D eigenvalue weighted by molar-refractivity contribution is -0.122. The molecule has 0 bridgehead atoms. The van der Waals surface area contributed by atoms with Gasteiger partial charge in [0.25, 0.3) is 0 Å². The fraction of sp³-hybridized carbons (Fsp3) is 0.176. The molecule has 0 spiro atoms. The van der Waals surface area contributed by atoms with Crippen molar-refractivity contribution in [2.75, 3.05) is 5.32 Å². The minimum Gasteiger partial charge on any atom is -0.465 e. The molecule has 0 heterocycles. The van der Waals surface area contributed by atoms with E-state index in [4.69, 9.17) is 10.8 Å². The van der Waals surface area contributed by atoms with Crippen molar-refractivity contribution in [3.8, 4) is 0 Å². The molecule has 1 atom stereocenters. The van der Waals surface area contributed by atoms with Crippen LogP contribution in [0, 0.1) is 0 Å². The number of carbonyl (C=O) groups excluding carboxylic acids is 1. The molecule has 23 heavy (non-hydrogen) atoms. The average Bonchev–Trinajstić information content (AvgIpc) is 2.54. The molecule has 5 N–H and O–H groups in total. The summed E-state index contributed by atoms with van der Waals surface area (Å²) >= 11 is 0. The van der Waals surface area contributed by atoms with Crippen molar-refractivity contribution in [3.63, 3.8) is 0 Å². The van der Waals surface area contributed by atoms with Gasteiger partial charge in [-0.2, -0.15) is 0 Å². The van der Waals surface area contributed by atoms with Crippen molar-refractivity contribution in [2.45, 2.75) is 19.0 Å². The number of benzene rings is 2. The number of nitrogens with two attached hydrogens (primary N) is 1. The molecule has 120 valence electrons. The third-order valence-corrected chi connectivity index (χ3v) is 3.31. The van der Waals surface area contributed by atoms with E-state index in [0.29, 0.717) is 18.7 Å². The summed E-state index contributed by atoms with van der Waals surface area (Å²) in [7, 11) is 0. The van der Waals surface area contributed by atoms with E-state index in [1.54, 1.807) is 24.3 Å². The molecule has 0 saturated carbocycles. The third-order valence-electron chi connectivity index (χ3n) is 3.31. The number of hydrogen-bond donors (Lipinski definition) is 4. The predicted molar refractivity (Wildman–Crippen MR) is 88.1 cm³/mol. The zero-order chi connectivity index (χ0) is 16.7. The maximum Gasteiger partial charge on any atom is 0.409 e. The average molecular weight is 313 g/mol. The number of rotatable bonds is 6. The lowest BCUT2D eigenvalue weighted by Crippen LogP contribution is -2.41. The van der Waals surface area contributed by atoms with Gasteiger partial charge >= 0.3 is 6.09 Å². The van der Waals surface area contributed by atoms with Crippen molar-refractivity contribution in [1.82, 2.24) is 5.32 Å². The Hall–Kier alpha value is -2.86. The van der Waals surface area contributed by atoms with Gasteiger partial charge < -0.3 is 16.2 Å². The van der Waals surface area contributed by atoms with Gasteiger partial charge in [-0.25, -0.2) is 4.79 Å². The summed E-state index contributed by atoms with van der Waals surface area (Å²) in [6.07, 6.45) is -0.633. The van der Waals surface area contributed by atoms with Crippen molar-refractivity contribution in [1.29, 1.82) is 0 Å². The maximum atomic E-state index is 12.0. The number of hydrogen-bond acceptors (Lipinski definition) is 3. The molecule has 2 aromatic carbocycles. The first-order valence-corrected chi connectivity index (χ1v) is 7.20. The smallest absolute Gasteiger partial charge is 0.409 e. The first kappa shape index (κ1) is 16.5. The number of carbonyl (C=O) groups is 2. The van der Waals surface area contributed by atoms with Crippen LogP contribution in [0.1, 0.15) is 11.1 Å². The van der Waals surface area contributed by atoms with Crippen LogP contribution in [0.15, 0.2) is 54.6 Å². The Balaban J connectivity index is 1.82. The molecule has 2 aromatic rings. The highest BCUT2D eigenvalue weighted by molar-refractivity contribution is 5.83. The molecular weight excluding hydrogens is 294 g/mol. The highest BCUT2D eigenvalue weighted by atomic mass is 16.4. The van der Waals surface area contributed by atoms with Crippen LogP contribution in [0.3, 0.4) is 0 Å². The molecule has 0 aliphatic heterocycles. The van der Waals surface area contributed by atoms with Crippen LogP contribution >= 0.6 is 0 Å². The van der Waals surface area contributed by atoms with Crippen LogP contribution in [0.4, 0.5) is 10.5 Å². The minimum atomic E-state index is -1.11. The van der Waals surface area contributed by atoms with Crippen LogP contribution in [0.2, 0.25) is 0 Å². The van der Waals surface area contributed by atoms with E-state index in [9.17, 15) is 9.59 Å². The molecule has 0 saturated heterocycles. The number of amides is 2. The summed E-state index contributed by atoms with van der Waals surface area (Å²) in [6.45, 7) is 0.342. The van der Waals surface area contributed by atoms with Crippen LogP contribution < -0.4 is 16.4 Å². The number of carboxylic acid groups (broad SMARTS) is 1. The largest absolute Gasteiger partial charge is 0.465 e. The van der Waals surface area contributed by atoms with E-state index < -0.39 is 12.1 Å². The van der Waals surface area contributed by atoms with E-state index in [1.165, 1.54) is 0 Å². The summed E-state index contributed by atoms with van der Waals surface area (Å²) in [5.41, 5.74) is 8.26. The fourth-order valence-electron chi connectivity index (χ4n) is 2.11. The zero-order valence-corrected chi connectivity index (χ0v) is 12.5. The molecule has 1 unspecified atom stereocenters. The molecule has 0 aliphatic rings. The molecule has 0 aliphatic carbocycles. The summed E-state index contributed by atoms with van der Waals surface area (Å²) in [4.78, 5) is 22.5. The first-order chi connectivity index (χ1) is 11.0. The quantitative estimate of drug-likeness (QED) is 0.654. The van der Waals surface area contributed by atoms with Crippen LogP contribution in [0.5, 0.6) is 0 Å². The van der Waals surface area contributed by atoms with Gasteiger partial charge in [0.15, 0.2) is 0 Å². The van der Waals surface area contributed by atoms with E-state index in [1.807, 2.05) is 30.3 Å². The summed E-state index contributed by atoms with van der Waals surface area (Å²) in [6, 6.07) is 15.8. The highest BCUT2D eigenvalue weighted by Gasteiger charge is 2.13. The molecule has 2 amide bonds. The van der Waals surface area contributed by atoms with Gasteiger partial charge in [0.1, 0.15) is 0 Å². The Bertz CT molecular complexity index is 657. The fourth-order valence-corrected chi connectivity index (χ4v) is 2.11. The Morgan fingerprint density at radius 1 is 1.00 bits per heavy atom. The predicted octanol–water partition coefficient (Wildman–Crippen LogP) is 1.96. The van der Waals surface area contributed by atoms with Crippen molar-refractivity contribution >= 4 is 17.7 Å². The van der Waals surface area contributed by atoms with E-state index in [-0.39, 0.29) is 5.91 Å². The van der Waals surface area contributed by atoms with E-state index >= 15 is 0 Å². The lowest BCUT2D eigenvalue weighted by Gasteiger charge is -2.12. The van der Waals surface area contributed by atoms with E-state index in [2.05, 4.69) is 10.6 Å². The van der Waals surface area contributed by atoms with Gasteiger partial charge in [0.05, 0.1) is 6.04 Å². The minimum absolute atomic E-state index is 0.221. The summed E-state index contributed by atoms with van der Waals surface area (Å²) < 4.78 is 0. The van der Waals surface area contributed by atoms with Crippen LogP contribution in [-0.2, 0) is 17.8 Å². The topological polar surface area (TPSA) is 104 Å². The second-order valence-corrected chi connectivity index (χ2v) is 5.14. The molecular formula is C17H19N3O3. The second kappa shape index (κ2) is 7.95. The first-order valence-electron chi connectivity index (χ1n) is 7.20. The normalized spacial score (nSPS) is 11.5. The molecule has 0 radical (unpaired) electrons. The zero-order valence-electron chi connectivity index (χ0n) is 12.5. The molecule has 0 fully saturated rings. The SMILES string of the molecule is NC(Cc1ccccc1)C(=O)NCc1ccc(NC(=O)O)cc1. The van der Waals surface area contributed by atoms with Gasteiger partial charge in [-0.05, 0) is 29.7 Å². The molecule has 2 rings (SSSR count). The maximum absolute atomic E-state index is 12.0. The van der Waals surface area contributed by atoms with Gasteiger partial charge in [0.2, 0.25) is 5.91 Å². The lowest BCUT2D eigenvalue weighted by atomic mass is 10.1. The highest BCUT2D eigenvalue weighted by Crippen LogP contribution is 2.09. The van der Waals surface area contributed by atoms with Gasteiger partial charge in [0, 0.05) is 12.2 Å². The van der Waals surface area contributed by atoms with E-state index in [0.717, 1.165) is 11.1 Å². The van der Waals surface area contributed by atoms with Crippen LogP contribution in [0.25, 0.3) is 0 Å². The van der Waals surface area contributed by atoms with Gasteiger partial charge in [-0.3, -0.25) is 10.1 Å². The van der Waals surface area contributed by atoms with Crippen molar-refractivity contribution in [3.05, 3.63) is 65.7 Å². The number of anilines is 1.